The fourth-order valence-electron chi connectivity index (χ4n) is 2.91. The van der Waals surface area contributed by atoms with Crippen molar-refractivity contribution in [2.75, 3.05) is 13.1 Å². The second kappa shape index (κ2) is 8.34. The van der Waals surface area contributed by atoms with Crippen molar-refractivity contribution in [3.63, 3.8) is 0 Å². The molecule has 0 radical (unpaired) electrons. The first-order valence-corrected chi connectivity index (χ1v) is 8.78. The van der Waals surface area contributed by atoms with Crippen molar-refractivity contribution < 1.29 is 9.59 Å². The number of hydrogen-bond acceptors (Lipinski definition) is 2. The number of amides is 2. The molecule has 0 bridgehead atoms. The molecular weight excluding hydrogens is 324 g/mol. The molecule has 2 amide bonds. The number of nitrogens with zero attached hydrogens (tertiary/aromatic N) is 1. The standard InChI is InChI=1S/C19H25ClN2O2/c1-13(2)19(24)22-10-8-15(9-11-22)21-18(23)12-14(3)16-6-4-5-7-17(16)20/h4-7,12-13,15H,8-11H2,1-3H3,(H,21,23). The van der Waals surface area contributed by atoms with E-state index in [4.69, 9.17) is 11.6 Å². The quantitative estimate of drug-likeness (QED) is 0.846. The van der Waals surface area contributed by atoms with E-state index in [-0.39, 0.29) is 23.8 Å². The lowest BCUT2D eigenvalue weighted by atomic mass is 10.0. The predicted molar refractivity (Wildman–Crippen MR) is 97.7 cm³/mol. The molecule has 0 atom stereocenters. The van der Waals surface area contributed by atoms with Gasteiger partial charge >= 0.3 is 0 Å². The van der Waals surface area contributed by atoms with Gasteiger partial charge in [0.1, 0.15) is 0 Å². The highest BCUT2D eigenvalue weighted by molar-refractivity contribution is 6.32. The second-order valence-electron chi connectivity index (χ2n) is 6.57. The third-order valence-electron chi connectivity index (χ3n) is 4.29. The lowest BCUT2D eigenvalue weighted by Crippen LogP contribution is -2.47. The molecule has 1 aromatic carbocycles. The molecule has 130 valence electrons. The van der Waals surface area contributed by atoms with Gasteiger partial charge in [-0.2, -0.15) is 0 Å². The van der Waals surface area contributed by atoms with E-state index in [9.17, 15) is 9.59 Å². The summed E-state index contributed by atoms with van der Waals surface area (Å²) < 4.78 is 0. The molecule has 0 aliphatic carbocycles. The van der Waals surface area contributed by atoms with Crippen LogP contribution < -0.4 is 5.32 Å². The molecule has 1 fully saturated rings. The Morgan fingerprint density at radius 1 is 1.25 bits per heavy atom. The summed E-state index contributed by atoms with van der Waals surface area (Å²) in [4.78, 5) is 26.1. The Morgan fingerprint density at radius 2 is 1.88 bits per heavy atom. The zero-order chi connectivity index (χ0) is 17.7. The fraction of sp³-hybridized carbons (Fsp3) is 0.474. The van der Waals surface area contributed by atoms with E-state index >= 15 is 0 Å². The molecule has 0 spiro atoms. The summed E-state index contributed by atoms with van der Waals surface area (Å²) in [6, 6.07) is 7.60. The number of hydrogen-bond donors (Lipinski definition) is 1. The SMILES string of the molecule is CC(=CC(=O)NC1CCN(C(=O)C(C)C)CC1)c1ccccc1Cl. The number of benzene rings is 1. The van der Waals surface area contributed by atoms with Crippen LogP contribution in [0.4, 0.5) is 0 Å². The lowest BCUT2D eigenvalue weighted by molar-refractivity contribution is -0.135. The van der Waals surface area contributed by atoms with Crippen LogP contribution in [0, 0.1) is 5.92 Å². The Hall–Kier alpha value is -1.81. The van der Waals surface area contributed by atoms with Gasteiger partial charge in [0, 0.05) is 36.1 Å². The summed E-state index contributed by atoms with van der Waals surface area (Å²) in [6.07, 6.45) is 3.18. The molecule has 1 aliphatic rings. The number of halogens is 1. The number of likely N-dealkylation sites (tertiary alicyclic amines) is 1. The Morgan fingerprint density at radius 3 is 2.46 bits per heavy atom. The zero-order valence-corrected chi connectivity index (χ0v) is 15.3. The Balaban J connectivity index is 1.89. The number of piperidine rings is 1. The molecule has 1 heterocycles. The molecule has 4 nitrogen and oxygen atoms in total. The van der Waals surface area contributed by atoms with Gasteiger partial charge in [0.25, 0.3) is 0 Å². The van der Waals surface area contributed by atoms with Gasteiger partial charge in [0.15, 0.2) is 0 Å². The molecule has 0 saturated carbocycles. The summed E-state index contributed by atoms with van der Waals surface area (Å²) in [7, 11) is 0. The summed E-state index contributed by atoms with van der Waals surface area (Å²) in [5.74, 6) is 0.104. The van der Waals surface area contributed by atoms with Gasteiger partial charge < -0.3 is 10.2 Å². The Kier molecular flexibility index (Phi) is 6.44. The molecule has 1 N–H and O–H groups in total. The number of nitrogens with one attached hydrogen (secondary N) is 1. The number of carbonyl (C=O) groups excluding carboxylic acids is 2. The minimum atomic E-state index is -0.110. The number of allylic oxidation sites excluding steroid dienone is 1. The lowest BCUT2D eigenvalue weighted by Gasteiger charge is -2.33. The van der Waals surface area contributed by atoms with E-state index in [0.29, 0.717) is 18.1 Å². The van der Waals surface area contributed by atoms with Crippen molar-refractivity contribution >= 4 is 29.0 Å². The normalized spacial score (nSPS) is 16.4. The average molecular weight is 349 g/mol. The maximum atomic E-state index is 12.2. The molecule has 1 aliphatic heterocycles. The minimum Gasteiger partial charge on any atom is -0.350 e. The number of rotatable bonds is 4. The van der Waals surface area contributed by atoms with E-state index < -0.39 is 0 Å². The second-order valence-corrected chi connectivity index (χ2v) is 6.98. The Labute approximate surface area is 148 Å². The van der Waals surface area contributed by atoms with Gasteiger partial charge in [-0.25, -0.2) is 0 Å². The highest BCUT2D eigenvalue weighted by Gasteiger charge is 2.24. The van der Waals surface area contributed by atoms with Crippen LogP contribution in [0.1, 0.15) is 39.2 Å². The molecule has 0 aromatic heterocycles. The third kappa shape index (κ3) is 4.84. The van der Waals surface area contributed by atoms with Gasteiger partial charge in [-0.15, -0.1) is 0 Å². The molecule has 1 aromatic rings. The topological polar surface area (TPSA) is 49.4 Å². The fourth-order valence-corrected chi connectivity index (χ4v) is 3.19. The highest BCUT2D eigenvalue weighted by atomic mass is 35.5. The van der Waals surface area contributed by atoms with Crippen molar-refractivity contribution in [3.8, 4) is 0 Å². The van der Waals surface area contributed by atoms with E-state index in [2.05, 4.69) is 5.32 Å². The van der Waals surface area contributed by atoms with Gasteiger partial charge in [-0.3, -0.25) is 9.59 Å². The molecule has 24 heavy (non-hydrogen) atoms. The first kappa shape index (κ1) is 18.5. The van der Waals surface area contributed by atoms with E-state index in [1.165, 1.54) is 0 Å². The van der Waals surface area contributed by atoms with Crippen molar-refractivity contribution in [1.29, 1.82) is 0 Å². The van der Waals surface area contributed by atoms with Crippen molar-refractivity contribution in [1.82, 2.24) is 10.2 Å². The minimum absolute atomic E-state index is 0.0253. The molecule has 0 unspecified atom stereocenters. The van der Waals surface area contributed by atoms with Crippen LogP contribution in [0.5, 0.6) is 0 Å². The van der Waals surface area contributed by atoms with E-state index in [1.807, 2.05) is 49.9 Å². The zero-order valence-electron chi connectivity index (χ0n) is 14.5. The van der Waals surface area contributed by atoms with Gasteiger partial charge in [-0.05, 0) is 37.0 Å². The van der Waals surface area contributed by atoms with Crippen molar-refractivity contribution in [2.45, 2.75) is 39.7 Å². The van der Waals surface area contributed by atoms with E-state index in [1.54, 1.807) is 6.08 Å². The predicted octanol–water partition coefficient (Wildman–Crippen LogP) is 3.51. The van der Waals surface area contributed by atoms with Crippen LogP contribution in [-0.2, 0) is 9.59 Å². The maximum Gasteiger partial charge on any atom is 0.244 e. The van der Waals surface area contributed by atoms with Crippen LogP contribution >= 0.6 is 11.6 Å². The largest absolute Gasteiger partial charge is 0.350 e. The molecular formula is C19H25ClN2O2. The van der Waals surface area contributed by atoms with Crippen LogP contribution in [0.3, 0.4) is 0 Å². The van der Waals surface area contributed by atoms with Crippen LogP contribution in [0.15, 0.2) is 30.3 Å². The van der Waals surface area contributed by atoms with Gasteiger partial charge in [-0.1, -0.05) is 43.6 Å². The maximum absolute atomic E-state index is 12.2. The van der Waals surface area contributed by atoms with E-state index in [0.717, 1.165) is 24.0 Å². The van der Waals surface area contributed by atoms with Gasteiger partial charge in [0.2, 0.25) is 11.8 Å². The number of carbonyl (C=O) groups is 2. The summed E-state index contributed by atoms with van der Waals surface area (Å²) in [5.41, 5.74) is 1.71. The average Bonchev–Trinajstić information content (AvgIpc) is 2.55. The highest BCUT2D eigenvalue weighted by Crippen LogP contribution is 2.23. The summed E-state index contributed by atoms with van der Waals surface area (Å²) >= 11 is 6.16. The first-order chi connectivity index (χ1) is 11.4. The summed E-state index contributed by atoms with van der Waals surface area (Å²) in [5, 5.41) is 3.67. The molecule has 2 rings (SSSR count). The molecule has 1 saturated heterocycles. The molecule has 5 heteroatoms. The van der Waals surface area contributed by atoms with Crippen LogP contribution in [-0.4, -0.2) is 35.8 Å². The smallest absolute Gasteiger partial charge is 0.244 e. The summed E-state index contributed by atoms with van der Waals surface area (Å²) in [6.45, 7) is 7.12. The van der Waals surface area contributed by atoms with Crippen molar-refractivity contribution in [2.24, 2.45) is 5.92 Å². The van der Waals surface area contributed by atoms with Crippen LogP contribution in [0.2, 0.25) is 5.02 Å². The Bertz CT molecular complexity index is 632. The first-order valence-electron chi connectivity index (χ1n) is 8.41. The third-order valence-corrected chi connectivity index (χ3v) is 4.62. The van der Waals surface area contributed by atoms with Crippen LogP contribution in [0.25, 0.3) is 5.57 Å². The van der Waals surface area contributed by atoms with Crippen molar-refractivity contribution in [3.05, 3.63) is 40.9 Å². The monoisotopic (exact) mass is 348 g/mol. The van der Waals surface area contributed by atoms with Gasteiger partial charge in [0.05, 0.1) is 0 Å².